The Morgan fingerprint density at radius 3 is 3.10 bits per heavy atom. The fraction of sp³-hybridized carbons (Fsp3) is 0.769. The van der Waals surface area contributed by atoms with Crippen LogP contribution in [0, 0.1) is 5.92 Å². The molecule has 1 aliphatic heterocycles. The molecule has 1 aliphatic rings. The molecule has 2 heterocycles. The first-order valence-corrected chi connectivity index (χ1v) is 8.12. The molecule has 1 atom stereocenters. The van der Waals surface area contributed by atoms with Gasteiger partial charge in [0, 0.05) is 30.6 Å². The Hall–Kier alpha value is -1.08. The second-order valence-electron chi connectivity index (χ2n) is 5.55. The molecule has 0 aliphatic carbocycles. The van der Waals surface area contributed by atoms with Crippen LogP contribution in [-0.2, 0) is 17.9 Å². The molecule has 0 saturated carbocycles. The molecule has 0 spiro atoms. The first-order chi connectivity index (χ1) is 9.56. The van der Waals surface area contributed by atoms with Crippen LogP contribution in [0.2, 0.25) is 0 Å². The average molecular weight is 298 g/mol. The number of hydrogen-bond acceptors (Lipinski definition) is 5. The van der Waals surface area contributed by atoms with E-state index in [0.29, 0.717) is 12.5 Å². The Kier molecular flexibility index (Phi) is 5.42. The van der Waals surface area contributed by atoms with Crippen LogP contribution in [0.25, 0.3) is 0 Å². The van der Waals surface area contributed by atoms with Gasteiger partial charge in [-0.2, -0.15) is 16.9 Å². The number of thioether (sulfide) groups is 1. The fourth-order valence-electron chi connectivity index (χ4n) is 2.38. The predicted octanol–water partition coefficient (Wildman–Crippen LogP) is 1.33. The van der Waals surface area contributed by atoms with Crippen molar-refractivity contribution in [1.82, 2.24) is 19.7 Å². The smallest absolute Gasteiger partial charge is 0.304 e. The predicted molar refractivity (Wildman–Crippen MR) is 78.6 cm³/mol. The maximum Gasteiger partial charge on any atom is 0.304 e. The molecule has 0 bridgehead atoms. The summed E-state index contributed by atoms with van der Waals surface area (Å²) in [6.07, 6.45) is 1.79. The summed E-state index contributed by atoms with van der Waals surface area (Å²) in [7, 11) is 0. The van der Waals surface area contributed by atoms with Crippen molar-refractivity contribution < 1.29 is 9.90 Å². The molecule has 1 fully saturated rings. The van der Waals surface area contributed by atoms with Crippen LogP contribution in [0.3, 0.4) is 0 Å². The molecule has 1 aromatic heterocycles. The van der Waals surface area contributed by atoms with Gasteiger partial charge in [-0.05, 0) is 5.92 Å². The minimum Gasteiger partial charge on any atom is -0.481 e. The van der Waals surface area contributed by atoms with Crippen LogP contribution in [0.1, 0.15) is 26.1 Å². The Morgan fingerprint density at radius 2 is 2.40 bits per heavy atom. The summed E-state index contributed by atoms with van der Waals surface area (Å²) in [4.78, 5) is 17.5. The van der Waals surface area contributed by atoms with Crippen LogP contribution in [-0.4, -0.2) is 54.8 Å². The van der Waals surface area contributed by atoms with E-state index in [1.807, 2.05) is 16.4 Å². The maximum absolute atomic E-state index is 11.0. The zero-order chi connectivity index (χ0) is 14.5. The van der Waals surface area contributed by atoms with Crippen molar-refractivity contribution in [2.75, 3.05) is 18.1 Å². The van der Waals surface area contributed by atoms with Gasteiger partial charge in [0.15, 0.2) is 0 Å². The van der Waals surface area contributed by atoms with E-state index in [4.69, 9.17) is 5.11 Å². The molecule has 20 heavy (non-hydrogen) atoms. The number of hydrogen-bond donors (Lipinski definition) is 1. The van der Waals surface area contributed by atoms with Gasteiger partial charge in [0.25, 0.3) is 0 Å². The van der Waals surface area contributed by atoms with Crippen LogP contribution < -0.4 is 0 Å². The van der Waals surface area contributed by atoms with Gasteiger partial charge >= 0.3 is 5.97 Å². The normalized spacial score (nSPS) is 20.4. The van der Waals surface area contributed by atoms with Crippen molar-refractivity contribution in [1.29, 1.82) is 0 Å². The monoisotopic (exact) mass is 298 g/mol. The van der Waals surface area contributed by atoms with Gasteiger partial charge in [-0.3, -0.25) is 9.69 Å². The summed E-state index contributed by atoms with van der Waals surface area (Å²) < 4.78 is 1.93. The molecule has 112 valence electrons. The Morgan fingerprint density at radius 1 is 1.60 bits per heavy atom. The van der Waals surface area contributed by atoms with Gasteiger partial charge in [-0.1, -0.05) is 13.8 Å². The molecule has 2 rings (SSSR count). The molecule has 6 nitrogen and oxygen atoms in total. The first-order valence-electron chi connectivity index (χ1n) is 6.96. The number of aliphatic carboxylic acids is 1. The molecule has 7 heteroatoms. The van der Waals surface area contributed by atoms with Crippen molar-refractivity contribution >= 4 is 17.7 Å². The van der Waals surface area contributed by atoms with E-state index in [2.05, 4.69) is 28.8 Å². The van der Waals surface area contributed by atoms with E-state index >= 15 is 0 Å². The first kappa shape index (κ1) is 15.3. The van der Waals surface area contributed by atoms with Crippen LogP contribution >= 0.6 is 11.8 Å². The summed E-state index contributed by atoms with van der Waals surface area (Å²) in [5.74, 6) is 2.65. The molecule has 1 saturated heterocycles. The van der Waals surface area contributed by atoms with Crippen molar-refractivity contribution in [2.45, 2.75) is 39.4 Å². The lowest BCUT2D eigenvalue weighted by Crippen LogP contribution is -2.43. The second kappa shape index (κ2) is 7.08. The molecule has 1 aromatic rings. The van der Waals surface area contributed by atoms with E-state index in [-0.39, 0.29) is 12.5 Å². The van der Waals surface area contributed by atoms with Gasteiger partial charge in [0.1, 0.15) is 12.2 Å². The number of rotatable bonds is 6. The number of nitrogens with zero attached hydrogens (tertiary/aromatic N) is 4. The number of aromatic nitrogens is 3. The van der Waals surface area contributed by atoms with Crippen molar-refractivity contribution in [2.24, 2.45) is 5.92 Å². The van der Waals surface area contributed by atoms with E-state index in [1.54, 1.807) is 6.33 Å². The highest BCUT2D eigenvalue weighted by atomic mass is 32.2. The van der Waals surface area contributed by atoms with Crippen molar-refractivity contribution in [3.05, 3.63) is 12.2 Å². The summed E-state index contributed by atoms with van der Waals surface area (Å²) >= 11 is 1.83. The lowest BCUT2D eigenvalue weighted by molar-refractivity contribution is -0.138. The third-order valence-corrected chi connectivity index (χ3v) is 4.43. The number of carbonyl (C=O) groups is 1. The van der Waals surface area contributed by atoms with Gasteiger partial charge < -0.3 is 5.11 Å². The quantitative estimate of drug-likeness (QED) is 0.854. The van der Waals surface area contributed by atoms with Crippen LogP contribution in [0.15, 0.2) is 6.33 Å². The number of carboxylic acid groups (broad SMARTS) is 1. The van der Waals surface area contributed by atoms with E-state index in [1.165, 1.54) is 0 Å². The molecule has 1 N–H and O–H groups in total. The van der Waals surface area contributed by atoms with E-state index in [9.17, 15) is 4.79 Å². The SMILES string of the molecule is CC(C)Cn1ncnc1CN1CCSCC1CC(=O)O. The highest BCUT2D eigenvalue weighted by Crippen LogP contribution is 2.20. The lowest BCUT2D eigenvalue weighted by Gasteiger charge is -2.34. The Balaban J connectivity index is 2.03. The van der Waals surface area contributed by atoms with Gasteiger partial charge in [0.2, 0.25) is 0 Å². The minimum atomic E-state index is -0.730. The van der Waals surface area contributed by atoms with Gasteiger partial charge in [-0.15, -0.1) is 0 Å². The minimum absolute atomic E-state index is 0.0930. The van der Waals surface area contributed by atoms with E-state index in [0.717, 1.165) is 30.4 Å². The fourth-order valence-corrected chi connectivity index (χ4v) is 3.51. The zero-order valence-corrected chi connectivity index (χ0v) is 12.8. The van der Waals surface area contributed by atoms with Gasteiger partial charge in [0.05, 0.1) is 13.0 Å². The zero-order valence-electron chi connectivity index (χ0n) is 12.0. The highest BCUT2D eigenvalue weighted by Gasteiger charge is 2.26. The molecule has 0 amide bonds. The third kappa shape index (κ3) is 4.21. The molecule has 0 radical (unpaired) electrons. The summed E-state index contributed by atoms with van der Waals surface area (Å²) in [6, 6.07) is 0.0930. The Bertz CT molecular complexity index is 449. The van der Waals surface area contributed by atoms with Crippen molar-refractivity contribution in [3.63, 3.8) is 0 Å². The largest absolute Gasteiger partial charge is 0.481 e. The number of carboxylic acids is 1. The van der Waals surface area contributed by atoms with Gasteiger partial charge in [-0.25, -0.2) is 9.67 Å². The highest BCUT2D eigenvalue weighted by molar-refractivity contribution is 7.99. The maximum atomic E-state index is 11.0. The Labute approximate surface area is 123 Å². The van der Waals surface area contributed by atoms with Crippen molar-refractivity contribution in [3.8, 4) is 0 Å². The molecular weight excluding hydrogens is 276 g/mol. The molecular formula is C13H22N4O2S. The molecule has 1 unspecified atom stereocenters. The summed E-state index contributed by atoms with van der Waals surface area (Å²) in [5.41, 5.74) is 0. The average Bonchev–Trinajstić information content (AvgIpc) is 2.78. The van der Waals surface area contributed by atoms with E-state index < -0.39 is 5.97 Å². The summed E-state index contributed by atoms with van der Waals surface area (Å²) in [6.45, 7) is 6.75. The summed E-state index contributed by atoms with van der Waals surface area (Å²) in [5, 5.41) is 13.3. The van der Waals surface area contributed by atoms with Crippen LogP contribution in [0.4, 0.5) is 0 Å². The standard InChI is InChI=1S/C13H22N4O2S/c1-10(2)6-17-12(14-9-15-17)7-16-3-4-20-8-11(16)5-13(18)19/h9-11H,3-8H2,1-2H3,(H,18,19). The second-order valence-corrected chi connectivity index (χ2v) is 6.70. The van der Waals surface area contributed by atoms with Crippen LogP contribution in [0.5, 0.6) is 0 Å². The third-order valence-electron chi connectivity index (χ3n) is 3.34. The topological polar surface area (TPSA) is 71.2 Å². The molecule has 0 aromatic carbocycles. The lowest BCUT2D eigenvalue weighted by atomic mass is 10.2.